The lowest BCUT2D eigenvalue weighted by Gasteiger charge is -2.33. The molecule has 0 saturated carbocycles. The number of nitrogens with one attached hydrogen (secondary N) is 1. The third-order valence-electron chi connectivity index (χ3n) is 6.48. The van der Waals surface area contributed by atoms with Gasteiger partial charge < -0.3 is 10.2 Å². The van der Waals surface area contributed by atoms with Crippen molar-refractivity contribution in [2.45, 2.75) is 31.2 Å². The quantitative estimate of drug-likeness (QED) is 0.322. The van der Waals surface area contributed by atoms with Crippen LogP contribution in [0.25, 0.3) is 20.7 Å². The highest BCUT2D eigenvalue weighted by Gasteiger charge is 2.28. The second-order valence-corrected chi connectivity index (χ2v) is 10.8. The Bertz CT molecular complexity index is 1360. The SMILES string of the molecule is CSc1ccc(CNC(=O)[C@H]2CCCN(c3ncnc4sc(-c5ccc(C)c(F)c5)cc34)C2)cc1. The molecule has 1 amide bonds. The molecule has 1 aliphatic rings. The molecule has 1 saturated heterocycles. The number of piperidine rings is 1. The number of hydrogen-bond donors (Lipinski definition) is 1. The molecule has 8 heteroatoms. The van der Waals surface area contributed by atoms with Crippen LogP contribution in [-0.4, -0.2) is 35.2 Å². The summed E-state index contributed by atoms with van der Waals surface area (Å²) >= 11 is 3.24. The summed E-state index contributed by atoms with van der Waals surface area (Å²) < 4.78 is 14.1. The van der Waals surface area contributed by atoms with Crippen LogP contribution in [0.15, 0.2) is 59.8 Å². The van der Waals surface area contributed by atoms with Crippen molar-refractivity contribution in [3.05, 3.63) is 71.8 Å². The van der Waals surface area contributed by atoms with E-state index in [2.05, 4.69) is 50.7 Å². The summed E-state index contributed by atoms with van der Waals surface area (Å²) in [5.41, 5.74) is 2.56. The van der Waals surface area contributed by atoms with Crippen LogP contribution in [0.5, 0.6) is 0 Å². The van der Waals surface area contributed by atoms with Crippen LogP contribution in [0.1, 0.15) is 24.0 Å². The second kappa shape index (κ2) is 10.3. The number of rotatable bonds is 6. The second-order valence-electron chi connectivity index (χ2n) is 8.84. The number of carbonyl (C=O) groups is 1. The molecule has 1 fully saturated rings. The van der Waals surface area contributed by atoms with Crippen LogP contribution in [0.3, 0.4) is 0 Å². The maximum Gasteiger partial charge on any atom is 0.225 e. The molecule has 1 aliphatic heterocycles. The Morgan fingerprint density at radius 2 is 2.03 bits per heavy atom. The lowest BCUT2D eigenvalue weighted by molar-refractivity contribution is -0.125. The summed E-state index contributed by atoms with van der Waals surface area (Å²) in [5.74, 6) is 0.616. The lowest BCUT2D eigenvalue weighted by Crippen LogP contribution is -2.43. The zero-order valence-electron chi connectivity index (χ0n) is 19.8. The van der Waals surface area contributed by atoms with E-state index >= 15 is 0 Å². The van der Waals surface area contributed by atoms with Crippen molar-refractivity contribution in [3.8, 4) is 10.4 Å². The molecule has 1 atom stereocenters. The van der Waals surface area contributed by atoms with Gasteiger partial charge in [-0.05, 0) is 67.0 Å². The van der Waals surface area contributed by atoms with Crippen molar-refractivity contribution >= 4 is 45.0 Å². The largest absolute Gasteiger partial charge is 0.355 e. The van der Waals surface area contributed by atoms with Crippen LogP contribution in [-0.2, 0) is 11.3 Å². The summed E-state index contributed by atoms with van der Waals surface area (Å²) in [4.78, 5) is 27.2. The van der Waals surface area contributed by atoms with Gasteiger partial charge in [-0.25, -0.2) is 14.4 Å². The molecular formula is C27H27FN4OS2. The number of anilines is 1. The number of thioether (sulfide) groups is 1. The molecule has 0 radical (unpaired) electrons. The van der Waals surface area contributed by atoms with Crippen molar-refractivity contribution in [1.29, 1.82) is 0 Å². The van der Waals surface area contributed by atoms with E-state index in [0.717, 1.165) is 51.4 Å². The van der Waals surface area contributed by atoms with Gasteiger partial charge in [-0.2, -0.15) is 0 Å². The molecule has 0 spiro atoms. The maximum absolute atomic E-state index is 14.1. The average molecular weight is 507 g/mol. The number of fused-ring (bicyclic) bond motifs is 1. The van der Waals surface area contributed by atoms with Crippen LogP contribution in [0, 0.1) is 18.7 Å². The van der Waals surface area contributed by atoms with Gasteiger partial charge in [0, 0.05) is 29.4 Å². The number of nitrogens with zero attached hydrogens (tertiary/aromatic N) is 3. The van der Waals surface area contributed by atoms with Crippen LogP contribution in [0.2, 0.25) is 0 Å². The monoisotopic (exact) mass is 506 g/mol. The zero-order valence-corrected chi connectivity index (χ0v) is 21.4. The Morgan fingerprint density at radius 3 is 2.80 bits per heavy atom. The van der Waals surface area contributed by atoms with Gasteiger partial charge in [0.1, 0.15) is 22.8 Å². The molecular weight excluding hydrogens is 479 g/mol. The van der Waals surface area contributed by atoms with E-state index in [9.17, 15) is 9.18 Å². The van der Waals surface area contributed by atoms with Crippen molar-refractivity contribution < 1.29 is 9.18 Å². The summed E-state index contributed by atoms with van der Waals surface area (Å²) in [6, 6.07) is 15.6. The molecule has 2 aromatic carbocycles. The molecule has 3 heterocycles. The Balaban J connectivity index is 1.31. The fourth-order valence-electron chi connectivity index (χ4n) is 4.44. The fourth-order valence-corrected chi connectivity index (χ4v) is 5.84. The molecule has 4 aromatic rings. The first-order valence-electron chi connectivity index (χ1n) is 11.7. The van der Waals surface area contributed by atoms with Gasteiger partial charge in [-0.15, -0.1) is 23.1 Å². The van der Waals surface area contributed by atoms with Crippen molar-refractivity contribution in [2.24, 2.45) is 5.92 Å². The maximum atomic E-state index is 14.1. The number of thiophene rings is 1. The molecule has 180 valence electrons. The number of hydrogen-bond acceptors (Lipinski definition) is 6. The topological polar surface area (TPSA) is 58.1 Å². The van der Waals surface area contributed by atoms with Crippen molar-refractivity contribution in [3.63, 3.8) is 0 Å². The van der Waals surface area contributed by atoms with Crippen molar-refractivity contribution in [2.75, 3.05) is 24.2 Å². The normalized spacial score (nSPS) is 16.0. The first-order chi connectivity index (χ1) is 17.0. The molecule has 2 aromatic heterocycles. The molecule has 35 heavy (non-hydrogen) atoms. The van der Waals surface area contributed by atoms with Gasteiger partial charge in [-0.1, -0.05) is 24.3 Å². The van der Waals surface area contributed by atoms with E-state index in [4.69, 9.17) is 0 Å². The molecule has 5 nitrogen and oxygen atoms in total. The molecule has 0 unspecified atom stereocenters. The molecule has 1 N–H and O–H groups in total. The summed E-state index contributed by atoms with van der Waals surface area (Å²) in [5, 5.41) is 4.06. The number of benzene rings is 2. The lowest BCUT2D eigenvalue weighted by atomic mass is 9.97. The standard InChI is InChI=1S/C27H27FN4OS2/c1-17-5-8-19(12-23(17)28)24-13-22-25(30-16-31-27(22)35-24)32-11-3-4-20(15-32)26(33)29-14-18-6-9-21(34-2)10-7-18/h5-10,12-13,16,20H,3-4,11,14-15H2,1-2H3,(H,29,33)/t20-/m0/s1. The minimum Gasteiger partial charge on any atom is -0.355 e. The third kappa shape index (κ3) is 5.18. The van der Waals surface area contributed by atoms with Crippen molar-refractivity contribution in [1.82, 2.24) is 15.3 Å². The van der Waals surface area contributed by atoms with Gasteiger partial charge in [0.15, 0.2) is 0 Å². The van der Waals surface area contributed by atoms with E-state index in [1.807, 2.05) is 12.1 Å². The van der Waals surface area contributed by atoms with Crippen LogP contribution >= 0.6 is 23.1 Å². The fraction of sp³-hybridized carbons (Fsp3) is 0.296. The molecule has 0 bridgehead atoms. The Morgan fingerprint density at radius 1 is 1.20 bits per heavy atom. The first-order valence-corrected chi connectivity index (χ1v) is 13.7. The molecule has 0 aliphatic carbocycles. The van der Waals surface area contributed by atoms with Gasteiger partial charge in [0.25, 0.3) is 0 Å². The minimum absolute atomic E-state index is 0.0788. The van der Waals surface area contributed by atoms with E-state index in [1.54, 1.807) is 37.1 Å². The van der Waals surface area contributed by atoms with E-state index in [1.165, 1.54) is 16.2 Å². The van der Waals surface area contributed by atoms with E-state index in [0.29, 0.717) is 18.7 Å². The van der Waals surface area contributed by atoms with Gasteiger partial charge in [0.05, 0.1) is 11.3 Å². The minimum atomic E-state index is -0.212. The first kappa shape index (κ1) is 23.8. The predicted molar refractivity (Wildman–Crippen MR) is 143 cm³/mol. The smallest absolute Gasteiger partial charge is 0.225 e. The summed E-state index contributed by atoms with van der Waals surface area (Å²) in [6.45, 7) is 3.75. The van der Waals surface area contributed by atoms with Crippen LogP contribution < -0.4 is 10.2 Å². The highest BCUT2D eigenvalue weighted by Crippen LogP contribution is 2.37. The Kier molecular flexibility index (Phi) is 7.02. The van der Waals surface area contributed by atoms with Gasteiger partial charge in [0.2, 0.25) is 5.91 Å². The average Bonchev–Trinajstić information content (AvgIpc) is 3.34. The number of amides is 1. The molecule has 5 rings (SSSR count). The highest BCUT2D eigenvalue weighted by molar-refractivity contribution is 7.98. The van der Waals surface area contributed by atoms with E-state index < -0.39 is 0 Å². The summed E-state index contributed by atoms with van der Waals surface area (Å²) in [7, 11) is 0. The predicted octanol–water partition coefficient (Wildman–Crippen LogP) is 6.06. The number of halogens is 1. The Hall–Kier alpha value is -2.97. The van der Waals surface area contributed by atoms with E-state index in [-0.39, 0.29) is 17.6 Å². The van der Waals surface area contributed by atoms with Crippen LogP contribution in [0.4, 0.5) is 10.2 Å². The number of carbonyl (C=O) groups excluding carboxylic acids is 1. The number of aromatic nitrogens is 2. The third-order valence-corrected chi connectivity index (χ3v) is 8.32. The summed E-state index contributed by atoms with van der Waals surface area (Å²) in [6.07, 6.45) is 5.41. The zero-order chi connectivity index (χ0) is 24.4. The van der Waals surface area contributed by atoms with Gasteiger partial charge in [-0.3, -0.25) is 4.79 Å². The highest BCUT2D eigenvalue weighted by atomic mass is 32.2. The Labute approximate surface area is 212 Å². The van der Waals surface area contributed by atoms with Gasteiger partial charge >= 0.3 is 0 Å². The number of aryl methyl sites for hydroxylation is 1.